The Morgan fingerprint density at radius 3 is 2.56 bits per heavy atom. The van der Waals surface area contributed by atoms with Crippen LogP contribution in [0.1, 0.15) is 17.5 Å². The number of amides is 4. The van der Waals surface area contributed by atoms with E-state index in [9.17, 15) is 14.4 Å². The molecule has 4 amide bonds. The zero-order valence-corrected chi connectivity index (χ0v) is 18.1. The number of aryl methyl sites for hydroxylation is 1. The van der Waals surface area contributed by atoms with Crippen LogP contribution in [0.2, 0.25) is 5.02 Å². The molecule has 1 N–H and O–H groups in total. The number of aromatic nitrogens is 1. The van der Waals surface area contributed by atoms with Crippen LogP contribution in [-0.4, -0.2) is 33.8 Å². The number of carbonyl (C=O) groups is 3. The number of hydrogen-bond acceptors (Lipinski definition) is 4. The maximum absolute atomic E-state index is 13.3. The monoisotopic (exact) mass is 448 g/mol. The number of halogens is 1. The van der Waals surface area contributed by atoms with Crippen LogP contribution in [0, 0.1) is 6.92 Å². The second-order valence-corrected chi connectivity index (χ2v) is 8.00. The van der Waals surface area contributed by atoms with E-state index in [1.54, 1.807) is 60.9 Å². The molecule has 3 aromatic rings. The van der Waals surface area contributed by atoms with Gasteiger partial charge < -0.3 is 10.2 Å². The molecule has 0 spiro atoms. The number of nitrogens with one attached hydrogen (secondary N) is 1. The van der Waals surface area contributed by atoms with Crippen LogP contribution in [0.5, 0.6) is 0 Å². The zero-order chi connectivity index (χ0) is 22.7. The third-order valence-electron chi connectivity index (χ3n) is 5.16. The van der Waals surface area contributed by atoms with Crippen LogP contribution in [0.3, 0.4) is 0 Å². The SMILES string of the molecule is Cc1cccc(N2C(=O)[C@H](CC(=O)Nc3ccc(Cl)cc3)N(Cc3cccnc3)C2=O)c1. The molecule has 0 saturated carbocycles. The smallest absolute Gasteiger partial charge is 0.326 e. The molecule has 1 aromatic heterocycles. The third kappa shape index (κ3) is 4.63. The Bertz CT molecular complexity index is 1150. The first-order valence-corrected chi connectivity index (χ1v) is 10.5. The standard InChI is InChI=1S/C24H21ClN4O3/c1-16-4-2-6-20(12-16)29-23(31)21(13-22(30)27-19-9-7-18(25)8-10-19)28(24(29)32)15-17-5-3-11-26-14-17/h2-12,14,21H,13,15H2,1H3,(H,27,30)/t21-/m0/s1. The molecule has 0 bridgehead atoms. The predicted octanol–water partition coefficient (Wildman–Crippen LogP) is 4.41. The first kappa shape index (κ1) is 21.5. The number of anilines is 2. The molecule has 8 heteroatoms. The Kier molecular flexibility index (Phi) is 6.18. The Balaban J connectivity index is 1.60. The fourth-order valence-electron chi connectivity index (χ4n) is 3.63. The van der Waals surface area contributed by atoms with E-state index in [4.69, 9.17) is 11.6 Å². The second-order valence-electron chi connectivity index (χ2n) is 7.56. The summed E-state index contributed by atoms with van der Waals surface area (Å²) in [5.41, 5.74) is 2.73. The van der Waals surface area contributed by atoms with Crippen LogP contribution in [0.25, 0.3) is 0 Å². The van der Waals surface area contributed by atoms with Crippen LogP contribution in [-0.2, 0) is 16.1 Å². The minimum absolute atomic E-state index is 0.166. The molecular formula is C24H21ClN4O3. The number of imide groups is 1. The number of carbonyl (C=O) groups excluding carboxylic acids is 3. The van der Waals surface area contributed by atoms with E-state index in [2.05, 4.69) is 10.3 Å². The van der Waals surface area contributed by atoms with Crippen LogP contribution < -0.4 is 10.2 Å². The van der Waals surface area contributed by atoms with Crippen molar-refractivity contribution in [1.82, 2.24) is 9.88 Å². The maximum atomic E-state index is 13.3. The molecule has 0 unspecified atom stereocenters. The fraction of sp³-hybridized carbons (Fsp3) is 0.167. The van der Waals surface area contributed by atoms with Crippen LogP contribution in [0.15, 0.2) is 73.1 Å². The van der Waals surface area contributed by atoms with Gasteiger partial charge in [-0.2, -0.15) is 0 Å². The minimum Gasteiger partial charge on any atom is -0.326 e. The highest BCUT2D eigenvalue weighted by Gasteiger charge is 2.46. The van der Waals surface area contributed by atoms with Gasteiger partial charge in [0.25, 0.3) is 5.91 Å². The van der Waals surface area contributed by atoms with Gasteiger partial charge in [-0.15, -0.1) is 0 Å². The van der Waals surface area contributed by atoms with Gasteiger partial charge >= 0.3 is 6.03 Å². The molecule has 0 radical (unpaired) electrons. The van der Waals surface area contributed by atoms with E-state index in [-0.39, 0.29) is 18.9 Å². The molecule has 162 valence electrons. The highest BCUT2D eigenvalue weighted by atomic mass is 35.5. The van der Waals surface area contributed by atoms with Crippen LogP contribution in [0.4, 0.5) is 16.2 Å². The first-order chi connectivity index (χ1) is 15.4. The van der Waals surface area contributed by atoms with Crippen molar-refractivity contribution in [3.05, 3.63) is 89.2 Å². The van der Waals surface area contributed by atoms with E-state index in [1.807, 2.05) is 19.1 Å². The molecule has 1 fully saturated rings. The summed E-state index contributed by atoms with van der Waals surface area (Å²) in [6, 6.07) is 16.0. The molecule has 2 aromatic carbocycles. The van der Waals surface area contributed by atoms with Gasteiger partial charge in [-0.1, -0.05) is 29.8 Å². The lowest BCUT2D eigenvalue weighted by Crippen LogP contribution is -2.37. The summed E-state index contributed by atoms with van der Waals surface area (Å²) >= 11 is 5.89. The largest absolute Gasteiger partial charge is 0.332 e. The topological polar surface area (TPSA) is 82.6 Å². The summed E-state index contributed by atoms with van der Waals surface area (Å²) in [4.78, 5) is 46.0. The fourth-order valence-corrected chi connectivity index (χ4v) is 3.75. The quantitative estimate of drug-likeness (QED) is 0.566. The lowest BCUT2D eigenvalue weighted by Gasteiger charge is -2.21. The highest BCUT2D eigenvalue weighted by Crippen LogP contribution is 2.29. The maximum Gasteiger partial charge on any atom is 0.332 e. The zero-order valence-electron chi connectivity index (χ0n) is 17.4. The first-order valence-electron chi connectivity index (χ1n) is 10.1. The van der Waals surface area contributed by atoms with Gasteiger partial charge in [-0.25, -0.2) is 9.69 Å². The normalized spacial score (nSPS) is 15.9. The van der Waals surface area contributed by atoms with Gasteiger partial charge in [0.1, 0.15) is 6.04 Å². The molecule has 2 heterocycles. The molecule has 1 aliphatic rings. The molecule has 1 saturated heterocycles. The van der Waals surface area contributed by atoms with Crippen molar-refractivity contribution in [3.8, 4) is 0 Å². The molecule has 1 aliphatic heterocycles. The van der Waals surface area contributed by atoms with Gasteiger partial charge in [-0.05, 0) is 60.5 Å². The number of benzene rings is 2. The minimum atomic E-state index is -0.935. The van der Waals surface area contributed by atoms with Crippen molar-refractivity contribution >= 4 is 40.8 Å². The average molecular weight is 449 g/mol. The summed E-state index contributed by atoms with van der Waals surface area (Å²) in [6.45, 7) is 2.05. The number of hydrogen-bond donors (Lipinski definition) is 1. The summed E-state index contributed by atoms with van der Waals surface area (Å²) < 4.78 is 0. The van der Waals surface area contributed by atoms with Gasteiger partial charge in [0.05, 0.1) is 12.1 Å². The second kappa shape index (κ2) is 9.20. The number of rotatable bonds is 6. The van der Waals surface area contributed by atoms with Gasteiger partial charge in [-0.3, -0.25) is 14.6 Å². The summed E-state index contributed by atoms with van der Waals surface area (Å²) in [7, 11) is 0. The number of urea groups is 1. The molecule has 7 nitrogen and oxygen atoms in total. The van der Waals surface area contributed by atoms with E-state index in [0.717, 1.165) is 16.0 Å². The van der Waals surface area contributed by atoms with E-state index in [0.29, 0.717) is 16.4 Å². The van der Waals surface area contributed by atoms with Crippen molar-refractivity contribution in [1.29, 1.82) is 0 Å². The van der Waals surface area contributed by atoms with Crippen molar-refractivity contribution in [2.24, 2.45) is 0 Å². The average Bonchev–Trinajstić information content (AvgIpc) is 3.00. The van der Waals surface area contributed by atoms with E-state index < -0.39 is 18.0 Å². The Morgan fingerprint density at radius 1 is 1.09 bits per heavy atom. The van der Waals surface area contributed by atoms with E-state index >= 15 is 0 Å². The number of pyridine rings is 1. The Morgan fingerprint density at radius 2 is 1.88 bits per heavy atom. The van der Waals surface area contributed by atoms with Crippen molar-refractivity contribution < 1.29 is 14.4 Å². The lowest BCUT2D eigenvalue weighted by atomic mass is 10.1. The van der Waals surface area contributed by atoms with Crippen molar-refractivity contribution in [3.63, 3.8) is 0 Å². The van der Waals surface area contributed by atoms with Gasteiger partial charge in [0.15, 0.2) is 0 Å². The molecule has 4 rings (SSSR count). The molecule has 32 heavy (non-hydrogen) atoms. The highest BCUT2D eigenvalue weighted by molar-refractivity contribution is 6.30. The summed E-state index contributed by atoms with van der Waals surface area (Å²) in [6.07, 6.45) is 3.10. The molecule has 1 atom stereocenters. The summed E-state index contributed by atoms with van der Waals surface area (Å²) in [5, 5.41) is 3.31. The summed E-state index contributed by atoms with van der Waals surface area (Å²) in [5.74, 6) is -0.809. The van der Waals surface area contributed by atoms with Crippen molar-refractivity contribution in [2.75, 3.05) is 10.2 Å². The van der Waals surface area contributed by atoms with Crippen LogP contribution >= 0.6 is 11.6 Å². The van der Waals surface area contributed by atoms with Crippen molar-refractivity contribution in [2.45, 2.75) is 25.9 Å². The Labute approximate surface area is 190 Å². The lowest BCUT2D eigenvalue weighted by molar-refractivity contribution is -0.124. The molecular weight excluding hydrogens is 428 g/mol. The third-order valence-corrected chi connectivity index (χ3v) is 5.41. The number of nitrogens with zero attached hydrogens (tertiary/aromatic N) is 3. The van der Waals surface area contributed by atoms with E-state index in [1.165, 1.54) is 4.90 Å². The molecule has 0 aliphatic carbocycles. The van der Waals surface area contributed by atoms with Gasteiger partial charge in [0, 0.05) is 29.6 Å². The predicted molar refractivity (Wildman–Crippen MR) is 122 cm³/mol. The Hall–Kier alpha value is -3.71. The van der Waals surface area contributed by atoms with Gasteiger partial charge in [0.2, 0.25) is 5.91 Å².